The van der Waals surface area contributed by atoms with Gasteiger partial charge in [-0.05, 0) is 54.2 Å². The molecule has 1 aliphatic heterocycles. The zero-order valence-corrected chi connectivity index (χ0v) is 18.6. The number of ether oxygens (including phenoxy) is 1. The lowest BCUT2D eigenvalue weighted by molar-refractivity contribution is -0.274. The molecule has 0 spiro atoms. The monoisotopic (exact) mass is 502 g/mol. The third kappa shape index (κ3) is 5.69. The maximum absolute atomic E-state index is 13.0. The number of furan rings is 1. The Bertz CT molecular complexity index is 1290. The van der Waals surface area contributed by atoms with Crippen LogP contribution in [0.2, 0.25) is 0 Å². The van der Waals surface area contributed by atoms with Crippen LogP contribution in [0.1, 0.15) is 11.3 Å². The summed E-state index contributed by atoms with van der Waals surface area (Å²) in [5.41, 5.74) is 1.25. The second-order valence-electron chi connectivity index (χ2n) is 7.48. The van der Waals surface area contributed by atoms with Crippen molar-refractivity contribution in [2.24, 2.45) is 0 Å². The maximum atomic E-state index is 13.0. The molecule has 1 saturated heterocycles. The Labute approximate surface area is 202 Å². The van der Waals surface area contributed by atoms with Crippen LogP contribution in [0.3, 0.4) is 0 Å². The van der Waals surface area contributed by atoms with E-state index in [1.54, 1.807) is 42.5 Å². The topological polar surface area (TPSA) is 92.0 Å². The van der Waals surface area contributed by atoms with Crippen molar-refractivity contribution in [3.8, 4) is 17.1 Å². The molecule has 11 heteroatoms. The number of nitrogens with zero attached hydrogens (tertiary/aromatic N) is 1. The number of hydrogen-bond donors (Lipinski definition) is 2. The molecule has 1 aliphatic rings. The van der Waals surface area contributed by atoms with Gasteiger partial charge in [-0.2, -0.15) is 0 Å². The third-order valence-electron chi connectivity index (χ3n) is 5.06. The number of rotatable bonds is 7. The first-order chi connectivity index (χ1) is 16.6. The Morgan fingerprint density at radius 1 is 1.11 bits per heavy atom. The number of aliphatic carboxylic acids is 1. The summed E-state index contributed by atoms with van der Waals surface area (Å²) in [6.45, 7) is 0. The molecule has 7 nitrogen and oxygen atoms in total. The zero-order valence-electron chi connectivity index (χ0n) is 17.8. The number of hydrogen-bond acceptors (Lipinski definition) is 5. The summed E-state index contributed by atoms with van der Waals surface area (Å²) in [7, 11) is 0. The Balaban J connectivity index is 1.51. The van der Waals surface area contributed by atoms with Crippen molar-refractivity contribution < 1.29 is 37.0 Å². The van der Waals surface area contributed by atoms with E-state index in [-0.39, 0.29) is 28.7 Å². The predicted octanol–water partition coefficient (Wildman–Crippen LogP) is 4.60. The largest absolute Gasteiger partial charge is 0.573 e. The third-order valence-corrected chi connectivity index (χ3v) is 5.36. The van der Waals surface area contributed by atoms with E-state index in [1.165, 1.54) is 18.2 Å². The van der Waals surface area contributed by atoms with Gasteiger partial charge in [0.05, 0.1) is 0 Å². The molecule has 4 rings (SSSR count). The van der Waals surface area contributed by atoms with Crippen molar-refractivity contribution in [1.29, 1.82) is 0 Å². The molecular formula is C24H17F3N2O5S. The van der Waals surface area contributed by atoms with E-state index in [1.807, 2.05) is 0 Å². The standard InChI is InChI=1S/C24H17F3N2O5S/c25-24(26,27)34-16-8-6-15(7-9-16)20-11-10-17(33-20)13-18-21(30)29(23(35)28-18)19(22(31)32)12-14-4-2-1-3-5-14/h1-11,13,19H,12H2,(H,28,35)(H,31,32). The van der Waals surface area contributed by atoms with E-state index >= 15 is 0 Å². The SMILES string of the molecule is O=C(O)C(Cc1ccccc1)N1C(=O)C(=Cc2ccc(-c3ccc(OC(F)(F)F)cc3)o2)NC1=S. The van der Waals surface area contributed by atoms with Gasteiger partial charge in [0.1, 0.15) is 29.0 Å². The minimum atomic E-state index is -4.79. The number of carbonyl (C=O) groups is 2. The average Bonchev–Trinajstić information content (AvgIpc) is 3.37. The molecule has 2 heterocycles. The van der Waals surface area contributed by atoms with Crippen LogP contribution in [0.25, 0.3) is 17.4 Å². The first kappa shape index (κ1) is 24.0. The average molecular weight is 502 g/mol. The quantitative estimate of drug-likeness (QED) is 0.361. The van der Waals surface area contributed by atoms with Crippen molar-refractivity contribution in [3.05, 3.63) is 83.8 Å². The molecule has 3 aromatic rings. The van der Waals surface area contributed by atoms with Gasteiger partial charge in [-0.25, -0.2) is 4.79 Å². The van der Waals surface area contributed by atoms with Crippen LogP contribution in [0.5, 0.6) is 5.75 Å². The molecule has 35 heavy (non-hydrogen) atoms. The summed E-state index contributed by atoms with van der Waals surface area (Å²) in [6, 6.07) is 15.9. The van der Waals surface area contributed by atoms with Crippen molar-refractivity contribution in [1.82, 2.24) is 10.2 Å². The summed E-state index contributed by atoms with van der Waals surface area (Å²) >= 11 is 5.22. The van der Waals surface area contributed by atoms with Crippen LogP contribution < -0.4 is 10.1 Å². The predicted molar refractivity (Wildman–Crippen MR) is 123 cm³/mol. The number of nitrogens with one attached hydrogen (secondary N) is 1. The number of thiocarbonyl (C=S) groups is 1. The zero-order chi connectivity index (χ0) is 25.2. The van der Waals surface area contributed by atoms with Gasteiger partial charge in [-0.15, -0.1) is 13.2 Å². The lowest BCUT2D eigenvalue weighted by Gasteiger charge is -2.22. The minimum Gasteiger partial charge on any atom is -0.480 e. The molecule has 1 amide bonds. The smallest absolute Gasteiger partial charge is 0.480 e. The first-order valence-electron chi connectivity index (χ1n) is 10.2. The van der Waals surface area contributed by atoms with Gasteiger partial charge in [-0.3, -0.25) is 9.69 Å². The number of alkyl halides is 3. The van der Waals surface area contributed by atoms with E-state index in [9.17, 15) is 27.9 Å². The molecule has 2 N–H and O–H groups in total. The first-order valence-corrected chi connectivity index (χ1v) is 10.6. The van der Waals surface area contributed by atoms with Crippen molar-refractivity contribution in [3.63, 3.8) is 0 Å². The lowest BCUT2D eigenvalue weighted by atomic mass is 10.0. The van der Waals surface area contributed by atoms with E-state index in [2.05, 4.69) is 10.1 Å². The second kappa shape index (κ2) is 9.63. The molecule has 0 bridgehead atoms. The van der Waals surface area contributed by atoms with Crippen LogP contribution in [0.4, 0.5) is 13.2 Å². The fourth-order valence-corrected chi connectivity index (χ4v) is 3.83. The molecule has 0 saturated carbocycles. The fourth-order valence-electron chi connectivity index (χ4n) is 3.51. The highest BCUT2D eigenvalue weighted by Crippen LogP contribution is 2.28. The van der Waals surface area contributed by atoms with Crippen molar-refractivity contribution in [2.45, 2.75) is 18.8 Å². The van der Waals surface area contributed by atoms with Crippen molar-refractivity contribution >= 4 is 35.3 Å². The Kier molecular flexibility index (Phi) is 6.61. The summed E-state index contributed by atoms with van der Waals surface area (Å²) < 4.78 is 46.5. The van der Waals surface area contributed by atoms with Gasteiger partial charge >= 0.3 is 12.3 Å². The Morgan fingerprint density at radius 3 is 2.43 bits per heavy atom. The number of amides is 1. The highest BCUT2D eigenvalue weighted by molar-refractivity contribution is 7.80. The Hall–Kier alpha value is -4.12. The van der Waals surface area contributed by atoms with Crippen LogP contribution in [0, 0.1) is 0 Å². The fraction of sp³-hybridized carbons (Fsp3) is 0.125. The molecule has 1 aromatic heterocycles. The van der Waals surface area contributed by atoms with Gasteiger partial charge in [0.2, 0.25) is 0 Å². The normalized spacial score (nSPS) is 15.9. The summed E-state index contributed by atoms with van der Waals surface area (Å²) in [5, 5.41) is 12.4. The van der Waals surface area contributed by atoms with Gasteiger partial charge in [-0.1, -0.05) is 30.3 Å². The molecule has 0 radical (unpaired) electrons. The van der Waals surface area contributed by atoms with Crippen LogP contribution in [-0.4, -0.2) is 39.4 Å². The number of carboxylic acid groups (broad SMARTS) is 1. The highest BCUT2D eigenvalue weighted by atomic mass is 32.1. The Morgan fingerprint density at radius 2 is 1.80 bits per heavy atom. The van der Waals surface area contributed by atoms with Gasteiger partial charge in [0, 0.05) is 18.1 Å². The van der Waals surface area contributed by atoms with Crippen LogP contribution >= 0.6 is 12.2 Å². The summed E-state index contributed by atoms with van der Waals surface area (Å²) in [5.74, 6) is -1.59. The van der Waals surface area contributed by atoms with Gasteiger partial charge in [0.15, 0.2) is 5.11 Å². The number of carboxylic acids is 1. The second-order valence-corrected chi connectivity index (χ2v) is 7.87. The molecule has 1 atom stereocenters. The van der Waals surface area contributed by atoms with Gasteiger partial charge < -0.3 is 19.6 Å². The molecule has 1 fully saturated rings. The number of carbonyl (C=O) groups excluding carboxylic acids is 1. The van der Waals surface area contributed by atoms with Crippen molar-refractivity contribution in [2.75, 3.05) is 0 Å². The number of halogens is 3. The maximum Gasteiger partial charge on any atom is 0.573 e. The highest BCUT2D eigenvalue weighted by Gasteiger charge is 2.40. The lowest BCUT2D eigenvalue weighted by Crippen LogP contribution is -2.46. The van der Waals surface area contributed by atoms with Crippen LogP contribution in [-0.2, 0) is 16.0 Å². The van der Waals surface area contributed by atoms with Gasteiger partial charge in [0.25, 0.3) is 5.91 Å². The summed E-state index contributed by atoms with van der Waals surface area (Å²) in [6.07, 6.45) is -3.35. The minimum absolute atomic E-state index is 0.0316. The molecule has 2 aromatic carbocycles. The molecular weight excluding hydrogens is 485 g/mol. The molecule has 180 valence electrons. The van der Waals surface area contributed by atoms with Crippen LogP contribution in [0.15, 0.2) is 76.8 Å². The van der Waals surface area contributed by atoms with E-state index < -0.39 is 24.3 Å². The molecule has 0 aliphatic carbocycles. The van der Waals surface area contributed by atoms with E-state index in [0.29, 0.717) is 11.3 Å². The molecule has 1 unspecified atom stereocenters. The van der Waals surface area contributed by atoms with E-state index in [0.717, 1.165) is 22.6 Å². The van der Waals surface area contributed by atoms with E-state index in [4.69, 9.17) is 16.6 Å². The summed E-state index contributed by atoms with van der Waals surface area (Å²) in [4.78, 5) is 25.9. The number of benzene rings is 2.